The minimum atomic E-state index is 0. The molecule has 0 bridgehead atoms. The fourth-order valence-corrected chi connectivity index (χ4v) is 2.22. The molecule has 0 unspecified atom stereocenters. The zero-order chi connectivity index (χ0) is 16.3. The van der Waals surface area contributed by atoms with Crippen molar-refractivity contribution < 1.29 is 4.74 Å². The highest BCUT2D eigenvalue weighted by molar-refractivity contribution is 14.0. The van der Waals surface area contributed by atoms with Crippen molar-refractivity contribution in [1.82, 2.24) is 15.6 Å². The SMILES string of the molecule is CCNC(=NCc1ccccn1)NCCc1ccccc1OC.I. The third kappa shape index (κ3) is 6.74. The molecule has 1 heterocycles. The fourth-order valence-electron chi connectivity index (χ4n) is 2.22. The molecule has 6 heteroatoms. The summed E-state index contributed by atoms with van der Waals surface area (Å²) in [6.45, 7) is 4.22. The maximum absolute atomic E-state index is 5.37. The number of nitrogens with zero attached hydrogens (tertiary/aromatic N) is 2. The highest BCUT2D eigenvalue weighted by Gasteiger charge is 2.02. The van der Waals surface area contributed by atoms with Crippen molar-refractivity contribution in [1.29, 1.82) is 0 Å². The van der Waals surface area contributed by atoms with E-state index in [1.54, 1.807) is 13.3 Å². The average molecular weight is 440 g/mol. The van der Waals surface area contributed by atoms with Gasteiger partial charge in [0.25, 0.3) is 0 Å². The molecular weight excluding hydrogens is 415 g/mol. The van der Waals surface area contributed by atoms with Crippen molar-refractivity contribution >= 4 is 29.9 Å². The quantitative estimate of drug-likeness (QED) is 0.395. The first-order valence-corrected chi connectivity index (χ1v) is 7.87. The van der Waals surface area contributed by atoms with Gasteiger partial charge >= 0.3 is 0 Å². The normalized spacial score (nSPS) is 10.7. The number of aliphatic imine (C=N–C) groups is 1. The van der Waals surface area contributed by atoms with Crippen LogP contribution in [0.1, 0.15) is 18.2 Å². The van der Waals surface area contributed by atoms with Gasteiger partial charge in [-0.3, -0.25) is 4.98 Å². The Morgan fingerprint density at radius 2 is 1.92 bits per heavy atom. The fraction of sp³-hybridized carbons (Fsp3) is 0.333. The Morgan fingerprint density at radius 1 is 1.12 bits per heavy atom. The molecule has 0 spiro atoms. The second-order valence-corrected chi connectivity index (χ2v) is 5.00. The number of nitrogens with one attached hydrogen (secondary N) is 2. The van der Waals surface area contributed by atoms with E-state index < -0.39 is 0 Å². The molecule has 0 atom stereocenters. The van der Waals surface area contributed by atoms with Crippen LogP contribution in [-0.2, 0) is 13.0 Å². The van der Waals surface area contributed by atoms with Crippen LogP contribution < -0.4 is 15.4 Å². The molecule has 1 aromatic carbocycles. The summed E-state index contributed by atoms with van der Waals surface area (Å²) in [7, 11) is 1.70. The van der Waals surface area contributed by atoms with Gasteiger partial charge in [0, 0.05) is 19.3 Å². The second kappa shape index (κ2) is 11.7. The van der Waals surface area contributed by atoms with Crippen molar-refractivity contribution in [2.75, 3.05) is 20.2 Å². The third-order valence-electron chi connectivity index (χ3n) is 3.35. The van der Waals surface area contributed by atoms with E-state index in [0.717, 1.165) is 36.9 Å². The van der Waals surface area contributed by atoms with Crippen molar-refractivity contribution in [3.05, 3.63) is 59.9 Å². The Kier molecular flexibility index (Phi) is 9.83. The van der Waals surface area contributed by atoms with E-state index in [1.807, 2.05) is 36.4 Å². The number of methoxy groups -OCH3 is 1. The third-order valence-corrected chi connectivity index (χ3v) is 3.35. The molecule has 5 nitrogen and oxygen atoms in total. The van der Waals surface area contributed by atoms with Crippen LogP contribution in [-0.4, -0.2) is 31.1 Å². The summed E-state index contributed by atoms with van der Waals surface area (Å²) in [6.07, 6.45) is 2.66. The number of para-hydroxylation sites is 1. The van der Waals surface area contributed by atoms with Crippen LogP contribution in [0.2, 0.25) is 0 Å². The number of pyridine rings is 1. The van der Waals surface area contributed by atoms with Gasteiger partial charge in [0.05, 0.1) is 19.3 Å². The topological polar surface area (TPSA) is 58.5 Å². The molecule has 1 aromatic heterocycles. The van der Waals surface area contributed by atoms with Gasteiger partial charge < -0.3 is 15.4 Å². The van der Waals surface area contributed by atoms with Crippen LogP contribution in [0.15, 0.2) is 53.7 Å². The number of hydrogen-bond donors (Lipinski definition) is 2. The maximum atomic E-state index is 5.37. The van der Waals surface area contributed by atoms with E-state index in [4.69, 9.17) is 4.74 Å². The summed E-state index contributed by atoms with van der Waals surface area (Å²) in [5, 5.41) is 6.59. The number of guanidine groups is 1. The van der Waals surface area contributed by atoms with Crippen LogP contribution in [0.3, 0.4) is 0 Å². The summed E-state index contributed by atoms with van der Waals surface area (Å²) < 4.78 is 5.37. The zero-order valence-electron chi connectivity index (χ0n) is 14.2. The van der Waals surface area contributed by atoms with Gasteiger partial charge in [0.1, 0.15) is 5.75 Å². The molecule has 24 heavy (non-hydrogen) atoms. The molecule has 2 N–H and O–H groups in total. The lowest BCUT2D eigenvalue weighted by molar-refractivity contribution is 0.409. The van der Waals surface area contributed by atoms with Crippen molar-refractivity contribution in [2.24, 2.45) is 4.99 Å². The Hall–Kier alpha value is -1.83. The molecule has 2 rings (SSSR count). The highest BCUT2D eigenvalue weighted by atomic mass is 127. The molecule has 2 aromatic rings. The van der Waals surface area contributed by atoms with Gasteiger partial charge in [0.2, 0.25) is 0 Å². The van der Waals surface area contributed by atoms with E-state index in [-0.39, 0.29) is 24.0 Å². The van der Waals surface area contributed by atoms with E-state index in [9.17, 15) is 0 Å². The second-order valence-electron chi connectivity index (χ2n) is 5.00. The molecule has 0 saturated carbocycles. The van der Waals surface area contributed by atoms with Gasteiger partial charge in [-0.2, -0.15) is 0 Å². The Morgan fingerprint density at radius 3 is 2.62 bits per heavy atom. The number of ether oxygens (including phenoxy) is 1. The van der Waals surface area contributed by atoms with E-state index in [0.29, 0.717) is 6.54 Å². The largest absolute Gasteiger partial charge is 0.496 e. The van der Waals surface area contributed by atoms with Crippen molar-refractivity contribution in [2.45, 2.75) is 19.9 Å². The first kappa shape index (κ1) is 20.2. The maximum Gasteiger partial charge on any atom is 0.191 e. The summed E-state index contributed by atoms with van der Waals surface area (Å²) in [6, 6.07) is 13.9. The smallest absolute Gasteiger partial charge is 0.191 e. The molecule has 130 valence electrons. The molecule has 0 radical (unpaired) electrons. The number of hydrogen-bond acceptors (Lipinski definition) is 3. The van der Waals surface area contributed by atoms with E-state index in [1.165, 1.54) is 5.56 Å². The lowest BCUT2D eigenvalue weighted by Crippen LogP contribution is -2.38. The Balaban J connectivity index is 0.00000288. The summed E-state index contributed by atoms with van der Waals surface area (Å²) in [5.74, 6) is 1.72. The minimum Gasteiger partial charge on any atom is -0.496 e. The molecular formula is C18H25IN4O. The van der Waals surface area contributed by atoms with Crippen LogP contribution in [0.25, 0.3) is 0 Å². The van der Waals surface area contributed by atoms with Gasteiger partial charge in [-0.05, 0) is 37.1 Å². The van der Waals surface area contributed by atoms with Crippen molar-refractivity contribution in [3.8, 4) is 5.75 Å². The van der Waals surface area contributed by atoms with Gasteiger partial charge in [-0.1, -0.05) is 24.3 Å². The van der Waals surface area contributed by atoms with Crippen molar-refractivity contribution in [3.63, 3.8) is 0 Å². The summed E-state index contributed by atoms with van der Waals surface area (Å²) in [4.78, 5) is 8.84. The van der Waals surface area contributed by atoms with Crippen LogP contribution in [0.5, 0.6) is 5.75 Å². The molecule has 0 aliphatic carbocycles. The molecule has 0 saturated heterocycles. The molecule has 0 amide bonds. The highest BCUT2D eigenvalue weighted by Crippen LogP contribution is 2.17. The van der Waals surface area contributed by atoms with Gasteiger partial charge in [-0.15, -0.1) is 24.0 Å². The van der Waals surface area contributed by atoms with Gasteiger partial charge in [0.15, 0.2) is 5.96 Å². The summed E-state index contributed by atoms with van der Waals surface area (Å²) >= 11 is 0. The lowest BCUT2D eigenvalue weighted by atomic mass is 10.1. The predicted octanol–water partition coefficient (Wildman–Crippen LogP) is 3.01. The molecule has 0 aliphatic rings. The predicted molar refractivity (Wildman–Crippen MR) is 109 cm³/mol. The number of aromatic nitrogens is 1. The van der Waals surface area contributed by atoms with Crippen LogP contribution in [0.4, 0.5) is 0 Å². The lowest BCUT2D eigenvalue weighted by Gasteiger charge is -2.12. The molecule has 0 fully saturated rings. The monoisotopic (exact) mass is 440 g/mol. The number of benzene rings is 1. The Bertz CT molecular complexity index is 619. The molecule has 0 aliphatic heterocycles. The van der Waals surface area contributed by atoms with Gasteiger partial charge in [-0.25, -0.2) is 4.99 Å². The number of halogens is 1. The van der Waals surface area contributed by atoms with Crippen LogP contribution >= 0.6 is 24.0 Å². The standard InChI is InChI=1S/C18H24N4O.HI/c1-3-19-18(22-14-16-9-6-7-12-20-16)21-13-11-15-8-4-5-10-17(15)23-2;/h4-10,12H,3,11,13-14H2,1-2H3,(H2,19,21,22);1H. The average Bonchev–Trinajstić information content (AvgIpc) is 2.61. The first-order valence-electron chi connectivity index (χ1n) is 7.87. The summed E-state index contributed by atoms with van der Waals surface area (Å²) in [5.41, 5.74) is 2.14. The van der Waals surface area contributed by atoms with Crippen LogP contribution in [0, 0.1) is 0 Å². The minimum absolute atomic E-state index is 0. The zero-order valence-corrected chi connectivity index (χ0v) is 16.5. The first-order chi connectivity index (χ1) is 11.3. The van der Waals surface area contributed by atoms with E-state index in [2.05, 4.69) is 33.6 Å². The Labute approximate surface area is 161 Å². The van der Waals surface area contributed by atoms with E-state index >= 15 is 0 Å². The number of rotatable bonds is 7.